The second kappa shape index (κ2) is 9.43. The van der Waals surface area contributed by atoms with Crippen LogP contribution in [-0.4, -0.2) is 48.0 Å². The average molecular weight is 458 g/mol. The van der Waals surface area contributed by atoms with E-state index in [2.05, 4.69) is 26.4 Å². The van der Waals surface area contributed by atoms with E-state index < -0.39 is 0 Å². The van der Waals surface area contributed by atoms with Crippen molar-refractivity contribution in [1.29, 1.82) is 0 Å². The molecule has 0 unspecified atom stereocenters. The zero-order chi connectivity index (χ0) is 23.5. The average Bonchev–Trinajstić information content (AvgIpc) is 3.55. The normalized spacial score (nSPS) is 13.3. The Bertz CT molecular complexity index is 1330. The molecule has 0 spiro atoms. The number of anilines is 2. The third-order valence-electron chi connectivity index (χ3n) is 6.15. The van der Waals surface area contributed by atoms with Gasteiger partial charge < -0.3 is 19.7 Å². The molecule has 0 radical (unpaired) electrons. The molecule has 3 heterocycles. The van der Waals surface area contributed by atoms with Gasteiger partial charge in [-0.25, -0.2) is 9.67 Å². The molecule has 4 aromatic rings. The second-order valence-corrected chi connectivity index (χ2v) is 8.28. The number of carbonyl (C=O) groups excluding carboxylic acids is 1. The van der Waals surface area contributed by atoms with Gasteiger partial charge in [0.25, 0.3) is 5.91 Å². The number of ether oxygens (including phenoxy) is 2. The number of benzene rings is 2. The predicted molar refractivity (Wildman–Crippen MR) is 132 cm³/mol. The van der Waals surface area contributed by atoms with Crippen molar-refractivity contribution in [1.82, 2.24) is 14.8 Å². The minimum absolute atomic E-state index is 0.189. The van der Waals surface area contributed by atoms with E-state index in [1.54, 1.807) is 31.3 Å². The number of hydrogen-bond donors (Lipinski definition) is 1. The van der Waals surface area contributed by atoms with Gasteiger partial charge in [-0.05, 0) is 43.2 Å². The zero-order valence-corrected chi connectivity index (χ0v) is 19.3. The fourth-order valence-corrected chi connectivity index (χ4v) is 4.36. The van der Waals surface area contributed by atoms with Gasteiger partial charge in [-0.15, -0.1) is 0 Å². The Kier molecular flexibility index (Phi) is 6.03. The van der Waals surface area contributed by atoms with Crippen LogP contribution in [0.25, 0.3) is 11.0 Å². The lowest BCUT2D eigenvalue weighted by atomic mass is 10.2. The molecule has 34 heavy (non-hydrogen) atoms. The minimum atomic E-state index is -0.189. The maximum Gasteiger partial charge on any atom is 0.257 e. The van der Waals surface area contributed by atoms with E-state index in [4.69, 9.17) is 9.47 Å². The van der Waals surface area contributed by atoms with E-state index in [0.717, 1.165) is 46.9 Å². The van der Waals surface area contributed by atoms with Crippen molar-refractivity contribution in [3.63, 3.8) is 0 Å². The van der Waals surface area contributed by atoms with E-state index in [0.29, 0.717) is 17.8 Å². The zero-order valence-electron chi connectivity index (χ0n) is 19.3. The van der Waals surface area contributed by atoms with Crippen molar-refractivity contribution in [2.75, 3.05) is 37.5 Å². The van der Waals surface area contributed by atoms with Crippen LogP contribution >= 0.6 is 0 Å². The lowest BCUT2D eigenvalue weighted by Gasteiger charge is -2.21. The predicted octanol–water partition coefficient (Wildman–Crippen LogP) is 4.35. The fourth-order valence-electron chi connectivity index (χ4n) is 4.36. The lowest BCUT2D eigenvalue weighted by Crippen LogP contribution is -2.21. The van der Waals surface area contributed by atoms with Crippen LogP contribution in [-0.2, 0) is 6.54 Å². The molecule has 2 aromatic heterocycles. The van der Waals surface area contributed by atoms with Gasteiger partial charge in [-0.1, -0.05) is 12.1 Å². The number of nitrogens with zero attached hydrogens (tertiary/aromatic N) is 4. The molecule has 0 atom stereocenters. The molecule has 1 amide bonds. The number of para-hydroxylation sites is 2. The summed E-state index contributed by atoms with van der Waals surface area (Å²) in [4.78, 5) is 19.9. The molecule has 0 bridgehead atoms. The third kappa shape index (κ3) is 4.26. The Morgan fingerprint density at radius 2 is 1.85 bits per heavy atom. The number of hydrogen-bond acceptors (Lipinski definition) is 6. The fraction of sp³-hybridized carbons (Fsp3) is 0.269. The van der Waals surface area contributed by atoms with Crippen LogP contribution < -0.4 is 19.7 Å². The Balaban J connectivity index is 1.37. The summed E-state index contributed by atoms with van der Waals surface area (Å²) >= 11 is 0. The molecule has 1 fully saturated rings. The van der Waals surface area contributed by atoms with Crippen molar-refractivity contribution in [3.05, 3.63) is 72.1 Å². The molecule has 8 heteroatoms. The van der Waals surface area contributed by atoms with Crippen LogP contribution in [0.2, 0.25) is 0 Å². The summed E-state index contributed by atoms with van der Waals surface area (Å²) in [6, 6.07) is 15.4. The summed E-state index contributed by atoms with van der Waals surface area (Å²) in [7, 11) is 3.25. The van der Waals surface area contributed by atoms with Crippen molar-refractivity contribution >= 4 is 28.3 Å². The second-order valence-electron chi connectivity index (χ2n) is 8.28. The first-order chi connectivity index (χ1) is 16.7. The van der Waals surface area contributed by atoms with E-state index in [1.165, 1.54) is 12.8 Å². The van der Waals surface area contributed by atoms with Crippen molar-refractivity contribution in [2.24, 2.45) is 0 Å². The van der Waals surface area contributed by atoms with Gasteiger partial charge in [0.2, 0.25) is 0 Å². The molecule has 5 rings (SSSR count). The molecular formula is C26H27N5O3. The van der Waals surface area contributed by atoms with E-state index in [9.17, 15) is 4.79 Å². The van der Waals surface area contributed by atoms with Crippen LogP contribution in [0.5, 0.6) is 11.5 Å². The molecule has 1 N–H and O–H groups in total. The summed E-state index contributed by atoms with van der Waals surface area (Å²) in [6.45, 7) is 2.51. The van der Waals surface area contributed by atoms with Gasteiger partial charge >= 0.3 is 0 Å². The molecule has 8 nitrogen and oxygen atoms in total. The maximum absolute atomic E-state index is 13.0. The first-order valence-corrected chi connectivity index (χ1v) is 11.3. The molecular weight excluding hydrogens is 430 g/mol. The number of fused-ring (bicyclic) bond motifs is 1. The van der Waals surface area contributed by atoms with Gasteiger partial charge in [0.1, 0.15) is 11.5 Å². The Labute approximate surface area is 198 Å². The molecule has 1 aliphatic rings. The molecule has 0 saturated carbocycles. The number of pyridine rings is 1. The number of nitrogens with one attached hydrogen (secondary N) is 1. The number of rotatable bonds is 7. The first kappa shape index (κ1) is 21.8. The van der Waals surface area contributed by atoms with Crippen molar-refractivity contribution < 1.29 is 14.3 Å². The van der Waals surface area contributed by atoms with Crippen LogP contribution in [0.1, 0.15) is 28.8 Å². The van der Waals surface area contributed by atoms with E-state index in [-0.39, 0.29) is 5.91 Å². The van der Waals surface area contributed by atoms with Crippen LogP contribution in [0.4, 0.5) is 11.4 Å². The van der Waals surface area contributed by atoms with Crippen LogP contribution in [0.15, 0.2) is 60.9 Å². The smallest absolute Gasteiger partial charge is 0.257 e. The summed E-state index contributed by atoms with van der Waals surface area (Å²) in [6.07, 6.45) is 5.68. The summed E-state index contributed by atoms with van der Waals surface area (Å²) in [5.74, 6) is 1.26. The lowest BCUT2D eigenvalue weighted by molar-refractivity contribution is 0.102. The molecule has 1 saturated heterocycles. The Morgan fingerprint density at radius 1 is 1.03 bits per heavy atom. The Morgan fingerprint density at radius 3 is 2.65 bits per heavy atom. The number of amides is 1. The van der Waals surface area contributed by atoms with Crippen LogP contribution in [0, 0.1) is 0 Å². The monoisotopic (exact) mass is 457 g/mol. The van der Waals surface area contributed by atoms with E-state index >= 15 is 0 Å². The Hall–Kier alpha value is -4.07. The number of methoxy groups -OCH3 is 2. The molecule has 2 aromatic carbocycles. The largest absolute Gasteiger partial charge is 0.497 e. The quantitative estimate of drug-likeness (QED) is 0.444. The SMILES string of the molecule is COc1ccc(Cn2ncc3cc(C(=O)Nc4ccccc4N4CCCC4)cnc32)c(OC)c1. The highest BCUT2D eigenvalue weighted by atomic mass is 16.5. The van der Waals surface area contributed by atoms with Crippen molar-refractivity contribution in [3.8, 4) is 11.5 Å². The molecule has 1 aliphatic heterocycles. The summed E-state index contributed by atoms with van der Waals surface area (Å²) in [5.41, 5.74) is 4.02. The maximum atomic E-state index is 13.0. The highest BCUT2D eigenvalue weighted by molar-refractivity contribution is 6.07. The van der Waals surface area contributed by atoms with Gasteiger partial charge in [-0.3, -0.25) is 4.79 Å². The van der Waals surface area contributed by atoms with Crippen molar-refractivity contribution in [2.45, 2.75) is 19.4 Å². The molecule has 0 aliphatic carbocycles. The summed E-state index contributed by atoms with van der Waals surface area (Å²) in [5, 5.41) is 8.35. The standard InChI is InChI=1S/C26H27N5O3/c1-33-21-10-9-18(24(14-21)34-2)17-31-25-19(16-28-31)13-20(15-27-25)26(32)29-22-7-3-4-8-23(22)30-11-5-6-12-30/h3-4,7-10,13-16H,5-6,11-12,17H2,1-2H3,(H,29,32). The number of carbonyl (C=O) groups is 1. The van der Waals surface area contributed by atoms with Gasteiger partial charge in [0.05, 0.1) is 43.9 Å². The first-order valence-electron chi connectivity index (χ1n) is 11.3. The molecule has 174 valence electrons. The topological polar surface area (TPSA) is 81.5 Å². The van der Waals surface area contributed by atoms with Gasteiger partial charge in [0, 0.05) is 36.3 Å². The van der Waals surface area contributed by atoms with E-state index in [1.807, 2.05) is 42.5 Å². The highest BCUT2D eigenvalue weighted by Crippen LogP contribution is 2.29. The van der Waals surface area contributed by atoms with Gasteiger partial charge in [-0.2, -0.15) is 5.10 Å². The minimum Gasteiger partial charge on any atom is -0.497 e. The van der Waals surface area contributed by atoms with Crippen LogP contribution in [0.3, 0.4) is 0 Å². The summed E-state index contributed by atoms with van der Waals surface area (Å²) < 4.78 is 12.6. The van der Waals surface area contributed by atoms with Gasteiger partial charge in [0.15, 0.2) is 5.65 Å². The third-order valence-corrected chi connectivity index (χ3v) is 6.15. The number of aromatic nitrogens is 3. The highest BCUT2D eigenvalue weighted by Gasteiger charge is 2.18.